The lowest BCUT2D eigenvalue weighted by Gasteiger charge is -2.19. The van der Waals surface area contributed by atoms with Crippen molar-refractivity contribution < 1.29 is 15.0 Å². The average Bonchev–Trinajstić information content (AvgIpc) is 3.20. The molecule has 1 amide bonds. The molecule has 0 rings (SSSR count). The summed E-state index contributed by atoms with van der Waals surface area (Å²) < 4.78 is 0. The predicted octanol–water partition coefficient (Wildman–Crippen LogP) is 15.9. The largest absolute Gasteiger partial charge is 0.394 e. The van der Waals surface area contributed by atoms with Gasteiger partial charge in [-0.3, -0.25) is 4.79 Å². The van der Waals surface area contributed by atoms with Gasteiger partial charge in [0.1, 0.15) is 0 Å². The van der Waals surface area contributed by atoms with Crippen LogP contribution in [0.15, 0.2) is 48.6 Å². The average molecular weight is 784 g/mol. The lowest BCUT2D eigenvalue weighted by atomic mass is 10.0. The van der Waals surface area contributed by atoms with Gasteiger partial charge in [0.25, 0.3) is 0 Å². The van der Waals surface area contributed by atoms with Gasteiger partial charge >= 0.3 is 0 Å². The second kappa shape index (κ2) is 47.7. The third-order valence-corrected chi connectivity index (χ3v) is 11.3. The van der Waals surface area contributed by atoms with Gasteiger partial charge in [-0.25, -0.2) is 0 Å². The van der Waals surface area contributed by atoms with Crippen LogP contribution in [-0.2, 0) is 4.79 Å². The molecule has 0 heterocycles. The molecule has 0 spiro atoms. The van der Waals surface area contributed by atoms with Gasteiger partial charge in [0, 0.05) is 6.42 Å². The van der Waals surface area contributed by atoms with Crippen molar-refractivity contribution in [2.45, 2.75) is 270 Å². The molecule has 328 valence electrons. The Balaban J connectivity index is 3.57. The summed E-state index contributed by atoms with van der Waals surface area (Å²) in [6, 6.07) is -0.642. The van der Waals surface area contributed by atoms with Crippen LogP contribution in [0.2, 0.25) is 0 Å². The van der Waals surface area contributed by atoms with Crippen molar-refractivity contribution >= 4 is 5.91 Å². The molecule has 0 aromatic rings. The van der Waals surface area contributed by atoms with Crippen LogP contribution in [0, 0.1) is 0 Å². The summed E-state index contributed by atoms with van der Waals surface area (Å²) in [5.74, 6) is -0.0768. The van der Waals surface area contributed by atoms with E-state index in [1.54, 1.807) is 6.08 Å². The Morgan fingerprint density at radius 1 is 0.429 bits per heavy atom. The van der Waals surface area contributed by atoms with E-state index in [-0.39, 0.29) is 12.5 Å². The third-order valence-electron chi connectivity index (χ3n) is 11.3. The topological polar surface area (TPSA) is 69.6 Å². The molecule has 0 aliphatic rings. The second-order valence-corrected chi connectivity index (χ2v) is 16.9. The summed E-state index contributed by atoms with van der Waals surface area (Å²) in [7, 11) is 0. The lowest BCUT2D eigenvalue weighted by molar-refractivity contribution is -0.123. The molecule has 0 fully saturated rings. The third kappa shape index (κ3) is 43.5. The molecule has 0 saturated carbocycles. The highest BCUT2D eigenvalue weighted by atomic mass is 16.3. The number of aliphatic hydroxyl groups is 2. The molecule has 3 N–H and O–H groups in total. The Morgan fingerprint density at radius 2 is 0.750 bits per heavy atom. The monoisotopic (exact) mass is 784 g/mol. The fraction of sp³-hybridized carbons (Fsp3) is 0.827. The molecule has 0 radical (unpaired) electrons. The smallest absolute Gasteiger partial charge is 0.220 e. The minimum absolute atomic E-state index is 0.0768. The van der Waals surface area contributed by atoms with Gasteiger partial charge in [-0.05, 0) is 57.8 Å². The Kier molecular flexibility index (Phi) is 46.3. The molecule has 0 aromatic carbocycles. The number of rotatable bonds is 45. The second-order valence-electron chi connectivity index (χ2n) is 16.9. The molecule has 0 aliphatic heterocycles. The van der Waals surface area contributed by atoms with Gasteiger partial charge < -0.3 is 15.5 Å². The molecule has 2 unspecified atom stereocenters. The van der Waals surface area contributed by atoms with Gasteiger partial charge in [-0.15, -0.1) is 0 Å². The minimum Gasteiger partial charge on any atom is -0.394 e. The number of hydrogen-bond donors (Lipinski definition) is 3. The van der Waals surface area contributed by atoms with Crippen LogP contribution in [0.25, 0.3) is 0 Å². The summed E-state index contributed by atoms with van der Waals surface area (Å²) in [5, 5.41) is 23.1. The maximum atomic E-state index is 12.4. The zero-order valence-electron chi connectivity index (χ0n) is 37.7. The molecule has 56 heavy (non-hydrogen) atoms. The van der Waals surface area contributed by atoms with Gasteiger partial charge in [0.15, 0.2) is 0 Å². The van der Waals surface area contributed by atoms with Gasteiger partial charge in [0.2, 0.25) is 5.91 Å². The van der Waals surface area contributed by atoms with Crippen molar-refractivity contribution in [2.75, 3.05) is 6.61 Å². The Morgan fingerprint density at radius 3 is 1.18 bits per heavy atom. The Bertz CT molecular complexity index is 893. The van der Waals surface area contributed by atoms with E-state index in [1.165, 1.54) is 205 Å². The van der Waals surface area contributed by atoms with Crippen LogP contribution in [-0.4, -0.2) is 34.9 Å². The van der Waals surface area contributed by atoms with Gasteiger partial charge in [-0.2, -0.15) is 0 Å². The highest BCUT2D eigenvalue weighted by Crippen LogP contribution is 2.16. The maximum Gasteiger partial charge on any atom is 0.220 e. The lowest BCUT2D eigenvalue weighted by Crippen LogP contribution is -2.45. The van der Waals surface area contributed by atoms with E-state index in [0.717, 1.165) is 32.1 Å². The number of nitrogens with one attached hydrogen (secondary N) is 1. The zero-order chi connectivity index (χ0) is 40.7. The van der Waals surface area contributed by atoms with Crippen LogP contribution in [0.5, 0.6) is 0 Å². The van der Waals surface area contributed by atoms with Crippen LogP contribution >= 0.6 is 0 Å². The molecular weight excluding hydrogens is 687 g/mol. The van der Waals surface area contributed by atoms with E-state index in [9.17, 15) is 15.0 Å². The summed E-state index contributed by atoms with van der Waals surface area (Å²) in [6.45, 7) is 4.28. The molecule has 2 atom stereocenters. The summed E-state index contributed by atoms with van der Waals surface area (Å²) in [5.41, 5.74) is 0. The molecule has 0 saturated heterocycles. The maximum absolute atomic E-state index is 12.4. The number of aliphatic hydroxyl groups excluding tert-OH is 2. The van der Waals surface area contributed by atoms with Gasteiger partial charge in [0.05, 0.1) is 18.8 Å². The van der Waals surface area contributed by atoms with Crippen molar-refractivity contribution in [1.82, 2.24) is 5.32 Å². The number of amides is 1. The number of carbonyl (C=O) groups is 1. The first-order chi connectivity index (χ1) is 27.7. The highest BCUT2D eigenvalue weighted by molar-refractivity contribution is 5.76. The van der Waals surface area contributed by atoms with Crippen molar-refractivity contribution in [3.8, 4) is 0 Å². The summed E-state index contributed by atoms with van der Waals surface area (Å²) in [6.07, 6.45) is 65.3. The molecule has 0 aromatic heterocycles. The number of carbonyl (C=O) groups excluding carboxylic acids is 1. The molecule has 0 aliphatic carbocycles. The number of hydrogen-bond acceptors (Lipinski definition) is 3. The van der Waals surface area contributed by atoms with Crippen LogP contribution < -0.4 is 5.32 Å². The van der Waals surface area contributed by atoms with Crippen LogP contribution in [0.3, 0.4) is 0 Å². The predicted molar refractivity (Wildman–Crippen MR) is 248 cm³/mol. The van der Waals surface area contributed by atoms with Crippen LogP contribution in [0.1, 0.15) is 258 Å². The van der Waals surface area contributed by atoms with Crippen molar-refractivity contribution in [3.05, 3.63) is 48.6 Å². The zero-order valence-corrected chi connectivity index (χ0v) is 37.7. The normalized spacial score (nSPS) is 13.3. The Hall–Kier alpha value is -1.65. The van der Waals surface area contributed by atoms with E-state index < -0.39 is 12.1 Å². The van der Waals surface area contributed by atoms with Gasteiger partial charge in [-0.1, -0.05) is 242 Å². The van der Waals surface area contributed by atoms with E-state index in [2.05, 4.69) is 55.6 Å². The van der Waals surface area contributed by atoms with E-state index in [4.69, 9.17) is 0 Å². The minimum atomic E-state index is -0.865. The van der Waals surface area contributed by atoms with E-state index in [0.29, 0.717) is 6.42 Å². The van der Waals surface area contributed by atoms with Crippen molar-refractivity contribution in [3.63, 3.8) is 0 Å². The molecule has 4 nitrogen and oxygen atoms in total. The molecule has 4 heteroatoms. The first kappa shape index (κ1) is 54.3. The quantitative estimate of drug-likeness (QED) is 0.0327. The molecular formula is C52H97NO3. The standard InChI is InChI=1S/C52H97NO3/c1-3-5-7-9-11-13-15-17-19-21-23-24-25-26-27-28-30-31-33-35-37-39-41-43-45-47-51(55)50(49-54)53-52(56)48-46-44-42-40-38-36-34-32-29-22-20-18-16-14-12-10-8-6-4-2/h12,14,16,18,37,39,45,47,50-51,54-55H,3-11,13,15,17,19-36,38,40-44,46,48-49H2,1-2H3,(H,53,56)/b14-12-,18-16-,39-37+,47-45+. The highest BCUT2D eigenvalue weighted by Gasteiger charge is 2.17. The fourth-order valence-corrected chi connectivity index (χ4v) is 7.48. The van der Waals surface area contributed by atoms with Crippen molar-refractivity contribution in [2.24, 2.45) is 0 Å². The van der Waals surface area contributed by atoms with Crippen LogP contribution in [0.4, 0.5) is 0 Å². The summed E-state index contributed by atoms with van der Waals surface area (Å²) in [4.78, 5) is 12.4. The van der Waals surface area contributed by atoms with Crippen molar-refractivity contribution in [1.29, 1.82) is 0 Å². The Labute approximate surface area is 350 Å². The number of allylic oxidation sites excluding steroid dienone is 7. The number of unbranched alkanes of at least 4 members (excludes halogenated alkanes) is 33. The van der Waals surface area contributed by atoms with E-state index in [1.807, 2.05) is 6.08 Å². The molecule has 0 bridgehead atoms. The fourth-order valence-electron chi connectivity index (χ4n) is 7.48. The van der Waals surface area contributed by atoms with E-state index >= 15 is 0 Å². The first-order valence-electron chi connectivity index (χ1n) is 24.9. The first-order valence-corrected chi connectivity index (χ1v) is 24.9. The SMILES string of the molecule is CCCCC/C=C\C=C/CCCCCCCCCCCCC(=O)NC(CO)C(O)/C=C/CC/C=C/CCCCCCCCCCCCCCCCCCCCC. The summed E-state index contributed by atoms with van der Waals surface area (Å²) >= 11 is 0.